The number of rotatable bonds is 6. The number of carbonyl (C=O) groups is 1. The van der Waals surface area contributed by atoms with Crippen molar-refractivity contribution in [1.29, 1.82) is 0 Å². The molecule has 2 heterocycles. The summed E-state index contributed by atoms with van der Waals surface area (Å²) in [6.07, 6.45) is 3.69. The minimum atomic E-state index is -0.892. The van der Waals surface area contributed by atoms with Gasteiger partial charge >= 0.3 is 5.97 Å². The number of nitrogens with zero attached hydrogens (tertiary/aromatic N) is 3. The van der Waals surface area contributed by atoms with Crippen molar-refractivity contribution >= 4 is 17.7 Å². The first-order valence-corrected chi connectivity index (χ1v) is 7.32. The molecular formula is C11H17N3O3S. The van der Waals surface area contributed by atoms with E-state index < -0.39 is 5.97 Å². The number of carboxylic acid groups (broad SMARTS) is 1. The summed E-state index contributed by atoms with van der Waals surface area (Å²) < 4.78 is 6.84. The summed E-state index contributed by atoms with van der Waals surface area (Å²) in [5.41, 5.74) is 0. The smallest absolute Gasteiger partial charge is 0.325 e. The summed E-state index contributed by atoms with van der Waals surface area (Å²) in [7, 11) is 0. The summed E-state index contributed by atoms with van der Waals surface area (Å²) in [6.45, 7) is 1.20. The summed E-state index contributed by atoms with van der Waals surface area (Å²) in [6, 6.07) is 0. The van der Waals surface area contributed by atoms with Crippen LogP contribution in [0.2, 0.25) is 0 Å². The van der Waals surface area contributed by atoms with E-state index in [0.29, 0.717) is 13.2 Å². The molecule has 0 radical (unpaired) electrons. The predicted octanol–water partition coefficient (Wildman–Crippen LogP) is 0.772. The predicted molar refractivity (Wildman–Crippen MR) is 67.9 cm³/mol. The van der Waals surface area contributed by atoms with Crippen LogP contribution in [0.4, 0.5) is 0 Å². The molecule has 1 aliphatic heterocycles. The third-order valence-electron chi connectivity index (χ3n) is 2.85. The number of carboxylic acids is 1. The van der Waals surface area contributed by atoms with Crippen LogP contribution >= 0.6 is 11.8 Å². The molecule has 0 amide bonds. The molecule has 1 aromatic rings. The van der Waals surface area contributed by atoms with Crippen LogP contribution in [-0.2, 0) is 22.5 Å². The highest BCUT2D eigenvalue weighted by Crippen LogP contribution is 2.23. The Balaban J connectivity index is 2.17. The minimum absolute atomic E-state index is 0.127. The average Bonchev–Trinajstić information content (AvgIpc) is 2.94. The number of aryl methyl sites for hydroxylation is 1. The van der Waals surface area contributed by atoms with Gasteiger partial charge in [-0.25, -0.2) is 9.67 Å². The molecule has 1 fully saturated rings. The summed E-state index contributed by atoms with van der Waals surface area (Å²) in [5.74, 6) is 1.72. The standard InChI is InChI=1S/C11H17N3O3S/c1-18-5-3-9-12-11(8-2-4-17-7-8)14(13-9)6-10(15)16/h8H,2-7H2,1H3,(H,15,16)/t8-/m0/s1. The van der Waals surface area contributed by atoms with Gasteiger partial charge in [0.15, 0.2) is 5.82 Å². The molecule has 1 N–H and O–H groups in total. The van der Waals surface area contributed by atoms with E-state index in [2.05, 4.69) is 10.1 Å². The van der Waals surface area contributed by atoms with Crippen LogP contribution in [0.1, 0.15) is 24.0 Å². The van der Waals surface area contributed by atoms with Gasteiger partial charge in [0.05, 0.1) is 6.61 Å². The molecule has 1 aliphatic rings. The van der Waals surface area contributed by atoms with Gasteiger partial charge in [-0.2, -0.15) is 16.9 Å². The van der Waals surface area contributed by atoms with Crippen molar-refractivity contribution in [3.8, 4) is 0 Å². The molecule has 1 atom stereocenters. The lowest BCUT2D eigenvalue weighted by molar-refractivity contribution is -0.137. The minimum Gasteiger partial charge on any atom is -0.480 e. The van der Waals surface area contributed by atoms with Crippen molar-refractivity contribution in [1.82, 2.24) is 14.8 Å². The molecule has 0 saturated carbocycles. The fraction of sp³-hybridized carbons (Fsp3) is 0.727. The lowest BCUT2D eigenvalue weighted by atomic mass is 10.1. The van der Waals surface area contributed by atoms with Gasteiger partial charge in [0.2, 0.25) is 0 Å². The molecular weight excluding hydrogens is 254 g/mol. The lowest BCUT2D eigenvalue weighted by Gasteiger charge is -2.07. The average molecular weight is 271 g/mol. The highest BCUT2D eigenvalue weighted by Gasteiger charge is 2.25. The fourth-order valence-electron chi connectivity index (χ4n) is 1.99. The molecule has 7 heteroatoms. The van der Waals surface area contributed by atoms with Crippen LogP contribution in [-0.4, -0.2) is 51.1 Å². The SMILES string of the molecule is CSCCc1nc([C@H]2CCOC2)n(CC(=O)O)n1. The molecule has 0 spiro atoms. The third-order valence-corrected chi connectivity index (χ3v) is 3.47. The second-order valence-electron chi connectivity index (χ2n) is 4.24. The second-order valence-corrected chi connectivity index (χ2v) is 5.23. The van der Waals surface area contributed by atoms with Crippen molar-refractivity contribution in [3.63, 3.8) is 0 Å². The largest absolute Gasteiger partial charge is 0.480 e. The van der Waals surface area contributed by atoms with Crippen molar-refractivity contribution in [2.75, 3.05) is 25.2 Å². The maximum atomic E-state index is 10.8. The monoisotopic (exact) mass is 271 g/mol. The van der Waals surface area contributed by atoms with E-state index in [-0.39, 0.29) is 12.5 Å². The number of ether oxygens (including phenoxy) is 1. The van der Waals surface area contributed by atoms with Gasteiger partial charge < -0.3 is 9.84 Å². The van der Waals surface area contributed by atoms with Crippen LogP contribution in [0.25, 0.3) is 0 Å². The van der Waals surface area contributed by atoms with Crippen molar-refractivity contribution in [3.05, 3.63) is 11.6 Å². The number of aromatic nitrogens is 3. The van der Waals surface area contributed by atoms with Gasteiger partial charge in [-0.05, 0) is 12.7 Å². The van der Waals surface area contributed by atoms with Gasteiger partial charge in [-0.15, -0.1) is 0 Å². The second kappa shape index (κ2) is 6.19. The molecule has 100 valence electrons. The van der Waals surface area contributed by atoms with E-state index in [1.54, 1.807) is 11.8 Å². The molecule has 0 aromatic carbocycles. The quantitative estimate of drug-likeness (QED) is 0.823. The van der Waals surface area contributed by atoms with Crippen molar-refractivity contribution < 1.29 is 14.6 Å². The maximum absolute atomic E-state index is 10.8. The Labute approximate surface area is 110 Å². The Morgan fingerprint density at radius 2 is 2.50 bits per heavy atom. The zero-order valence-electron chi connectivity index (χ0n) is 10.3. The lowest BCUT2D eigenvalue weighted by Crippen LogP contribution is -2.16. The van der Waals surface area contributed by atoms with Crippen LogP contribution in [0.3, 0.4) is 0 Å². The molecule has 6 nitrogen and oxygen atoms in total. The Bertz CT molecular complexity index is 416. The van der Waals surface area contributed by atoms with Gasteiger partial charge in [0.25, 0.3) is 0 Å². The molecule has 1 saturated heterocycles. The van der Waals surface area contributed by atoms with Crippen LogP contribution < -0.4 is 0 Å². The Morgan fingerprint density at radius 3 is 3.11 bits per heavy atom. The van der Waals surface area contributed by atoms with Crippen LogP contribution in [0.5, 0.6) is 0 Å². The molecule has 1 aromatic heterocycles. The number of thioether (sulfide) groups is 1. The van der Waals surface area contributed by atoms with E-state index in [0.717, 1.165) is 30.2 Å². The van der Waals surface area contributed by atoms with Gasteiger partial charge in [-0.3, -0.25) is 4.79 Å². The van der Waals surface area contributed by atoms with E-state index in [9.17, 15) is 4.79 Å². The number of aliphatic carboxylic acids is 1. The molecule has 0 aliphatic carbocycles. The van der Waals surface area contributed by atoms with Crippen LogP contribution in [0.15, 0.2) is 0 Å². The van der Waals surface area contributed by atoms with E-state index in [1.165, 1.54) is 4.68 Å². The molecule has 18 heavy (non-hydrogen) atoms. The topological polar surface area (TPSA) is 77.2 Å². The van der Waals surface area contributed by atoms with Gasteiger partial charge in [0.1, 0.15) is 12.4 Å². The number of hydrogen-bond acceptors (Lipinski definition) is 5. The van der Waals surface area contributed by atoms with Gasteiger partial charge in [-0.1, -0.05) is 0 Å². The first-order valence-electron chi connectivity index (χ1n) is 5.92. The van der Waals surface area contributed by atoms with E-state index in [4.69, 9.17) is 9.84 Å². The zero-order valence-corrected chi connectivity index (χ0v) is 11.2. The normalized spacial score (nSPS) is 19.3. The van der Waals surface area contributed by atoms with Crippen molar-refractivity contribution in [2.45, 2.75) is 25.3 Å². The van der Waals surface area contributed by atoms with E-state index in [1.807, 2.05) is 6.26 Å². The van der Waals surface area contributed by atoms with E-state index >= 15 is 0 Å². The molecule has 0 bridgehead atoms. The number of hydrogen-bond donors (Lipinski definition) is 1. The van der Waals surface area contributed by atoms with Gasteiger partial charge in [0, 0.05) is 24.7 Å². The third kappa shape index (κ3) is 3.23. The first-order chi connectivity index (χ1) is 8.70. The highest BCUT2D eigenvalue weighted by atomic mass is 32.2. The summed E-state index contributed by atoms with van der Waals surface area (Å²) in [4.78, 5) is 15.3. The summed E-state index contributed by atoms with van der Waals surface area (Å²) in [5, 5.41) is 13.2. The van der Waals surface area contributed by atoms with Crippen LogP contribution in [0, 0.1) is 0 Å². The maximum Gasteiger partial charge on any atom is 0.325 e. The van der Waals surface area contributed by atoms with Crippen molar-refractivity contribution in [2.24, 2.45) is 0 Å². The molecule has 2 rings (SSSR count). The fourth-order valence-corrected chi connectivity index (χ4v) is 2.37. The Kier molecular flexibility index (Phi) is 4.60. The zero-order chi connectivity index (χ0) is 13.0. The Morgan fingerprint density at radius 1 is 1.67 bits per heavy atom. The first kappa shape index (κ1) is 13.4. The molecule has 0 unspecified atom stereocenters. The Hall–Kier alpha value is -1.08. The highest BCUT2D eigenvalue weighted by molar-refractivity contribution is 7.98. The summed E-state index contributed by atoms with van der Waals surface area (Å²) >= 11 is 1.73.